The fraction of sp³-hybridized carbons (Fsp3) is 0.889. The molecule has 1 heterocycles. The number of rotatable bonds is 9. The van der Waals surface area contributed by atoms with E-state index in [9.17, 15) is 9.59 Å². The maximum absolute atomic E-state index is 12.3. The average molecular weight is 325 g/mol. The van der Waals surface area contributed by atoms with Gasteiger partial charge in [-0.05, 0) is 59.7 Å². The van der Waals surface area contributed by atoms with Crippen LogP contribution in [-0.4, -0.2) is 59.9 Å². The summed E-state index contributed by atoms with van der Waals surface area (Å²) < 4.78 is 0. The molecule has 1 atom stereocenters. The summed E-state index contributed by atoms with van der Waals surface area (Å²) in [5, 5.41) is 3.01. The van der Waals surface area contributed by atoms with Crippen molar-refractivity contribution >= 4 is 11.8 Å². The maximum Gasteiger partial charge on any atom is 0.225 e. The first kappa shape index (κ1) is 19.9. The van der Waals surface area contributed by atoms with Gasteiger partial charge in [-0.2, -0.15) is 0 Å². The van der Waals surface area contributed by atoms with Crippen molar-refractivity contribution in [1.29, 1.82) is 0 Å². The lowest BCUT2D eigenvalue weighted by molar-refractivity contribution is -0.132. The van der Waals surface area contributed by atoms with E-state index in [0.29, 0.717) is 19.5 Å². The lowest BCUT2D eigenvalue weighted by atomic mass is 10.1. The molecular formula is C18H35N3O2. The summed E-state index contributed by atoms with van der Waals surface area (Å²) in [5.74, 6) is -0.0681. The molecule has 134 valence electrons. The van der Waals surface area contributed by atoms with Crippen molar-refractivity contribution < 1.29 is 9.59 Å². The predicted molar refractivity (Wildman–Crippen MR) is 94.2 cm³/mol. The minimum Gasteiger partial charge on any atom is -0.356 e. The summed E-state index contributed by atoms with van der Waals surface area (Å²) >= 11 is 0. The third-order valence-electron chi connectivity index (χ3n) is 4.34. The summed E-state index contributed by atoms with van der Waals surface area (Å²) in [6, 6.07) is 0. The molecule has 0 radical (unpaired) electrons. The number of carbonyl (C=O) groups is 2. The van der Waals surface area contributed by atoms with E-state index in [4.69, 9.17) is 0 Å². The minimum atomic E-state index is -0.201. The van der Waals surface area contributed by atoms with Crippen molar-refractivity contribution in [2.24, 2.45) is 5.92 Å². The fourth-order valence-electron chi connectivity index (χ4n) is 3.16. The molecule has 1 unspecified atom stereocenters. The van der Waals surface area contributed by atoms with Crippen molar-refractivity contribution in [1.82, 2.24) is 15.1 Å². The number of amides is 2. The van der Waals surface area contributed by atoms with E-state index in [2.05, 4.69) is 24.1 Å². The molecule has 0 spiro atoms. The molecule has 0 aromatic carbocycles. The molecule has 1 saturated heterocycles. The van der Waals surface area contributed by atoms with Crippen LogP contribution in [0.4, 0.5) is 0 Å². The third-order valence-corrected chi connectivity index (χ3v) is 4.34. The molecule has 23 heavy (non-hydrogen) atoms. The topological polar surface area (TPSA) is 52.7 Å². The molecule has 1 fully saturated rings. The molecule has 0 aromatic heterocycles. The van der Waals surface area contributed by atoms with Gasteiger partial charge in [0.25, 0.3) is 0 Å². The Morgan fingerprint density at radius 2 is 1.83 bits per heavy atom. The number of likely N-dealkylation sites (tertiary alicyclic amines) is 1. The van der Waals surface area contributed by atoms with Crippen LogP contribution in [0.15, 0.2) is 0 Å². The predicted octanol–water partition coefficient (Wildman–Crippen LogP) is 2.26. The van der Waals surface area contributed by atoms with E-state index >= 15 is 0 Å². The Hall–Kier alpha value is -1.10. The second-order valence-corrected chi connectivity index (χ2v) is 7.56. The second kappa shape index (κ2) is 9.26. The molecule has 2 amide bonds. The number of carbonyl (C=O) groups excluding carboxylic acids is 2. The smallest absolute Gasteiger partial charge is 0.225 e. The van der Waals surface area contributed by atoms with E-state index in [1.54, 1.807) is 0 Å². The first-order chi connectivity index (χ1) is 10.8. The van der Waals surface area contributed by atoms with Crippen LogP contribution in [0, 0.1) is 5.92 Å². The van der Waals surface area contributed by atoms with Crippen molar-refractivity contribution in [3.8, 4) is 0 Å². The van der Waals surface area contributed by atoms with Gasteiger partial charge in [0.15, 0.2) is 0 Å². The van der Waals surface area contributed by atoms with Gasteiger partial charge < -0.3 is 15.1 Å². The molecule has 0 bridgehead atoms. The van der Waals surface area contributed by atoms with Crippen LogP contribution in [0.5, 0.6) is 0 Å². The first-order valence-electron chi connectivity index (χ1n) is 9.10. The van der Waals surface area contributed by atoms with E-state index in [1.165, 1.54) is 12.8 Å². The Kier molecular flexibility index (Phi) is 8.03. The Morgan fingerprint density at radius 3 is 2.30 bits per heavy atom. The van der Waals surface area contributed by atoms with Gasteiger partial charge in [-0.1, -0.05) is 13.8 Å². The lowest BCUT2D eigenvalue weighted by Crippen LogP contribution is -2.43. The van der Waals surface area contributed by atoms with Crippen LogP contribution >= 0.6 is 0 Å². The Bertz CT molecular complexity index is 384. The fourth-order valence-corrected chi connectivity index (χ4v) is 3.16. The maximum atomic E-state index is 12.3. The summed E-state index contributed by atoms with van der Waals surface area (Å²) in [5.41, 5.74) is -0.201. The first-order valence-corrected chi connectivity index (χ1v) is 9.10. The van der Waals surface area contributed by atoms with Gasteiger partial charge in [-0.15, -0.1) is 0 Å². The number of nitrogens with one attached hydrogen (secondary N) is 1. The molecule has 1 rings (SSSR count). The monoisotopic (exact) mass is 325 g/mol. The largest absolute Gasteiger partial charge is 0.356 e. The number of hydrogen-bond donors (Lipinski definition) is 1. The van der Waals surface area contributed by atoms with Crippen LogP contribution in [-0.2, 0) is 9.59 Å². The van der Waals surface area contributed by atoms with Crippen LogP contribution in [0.1, 0.15) is 60.3 Å². The highest BCUT2D eigenvalue weighted by molar-refractivity contribution is 5.89. The van der Waals surface area contributed by atoms with Gasteiger partial charge in [0, 0.05) is 25.0 Å². The molecule has 1 N–H and O–H groups in total. The highest BCUT2D eigenvalue weighted by Gasteiger charge is 2.39. The molecular weight excluding hydrogens is 290 g/mol. The Labute approximate surface area is 141 Å². The lowest BCUT2D eigenvalue weighted by Gasteiger charge is -2.31. The normalized spacial score (nSPS) is 18.8. The number of nitrogens with zero attached hydrogens (tertiary/aromatic N) is 2. The van der Waals surface area contributed by atoms with E-state index in [1.807, 2.05) is 25.7 Å². The molecule has 0 saturated carbocycles. The van der Waals surface area contributed by atoms with Gasteiger partial charge >= 0.3 is 0 Å². The van der Waals surface area contributed by atoms with Gasteiger partial charge in [0.1, 0.15) is 0 Å². The van der Waals surface area contributed by atoms with E-state index in [0.717, 1.165) is 26.1 Å². The quantitative estimate of drug-likeness (QED) is 0.662. The van der Waals surface area contributed by atoms with Crippen molar-refractivity contribution in [3.05, 3.63) is 0 Å². The second-order valence-electron chi connectivity index (χ2n) is 7.56. The van der Waals surface area contributed by atoms with Crippen molar-refractivity contribution in [2.45, 2.75) is 65.8 Å². The van der Waals surface area contributed by atoms with Crippen LogP contribution in [0.25, 0.3) is 0 Å². The Balaban J connectivity index is 2.31. The summed E-state index contributed by atoms with van der Waals surface area (Å²) in [6.45, 7) is 15.0. The van der Waals surface area contributed by atoms with Crippen LogP contribution in [0.2, 0.25) is 0 Å². The van der Waals surface area contributed by atoms with Gasteiger partial charge in [0.05, 0.1) is 5.92 Å². The molecule has 5 nitrogen and oxygen atoms in total. The standard InChI is InChI=1S/C18H35N3O2/c1-6-10-20(11-7-2)12-8-9-19-17(23)15-13-16(22)21(14-15)18(3,4)5/h15H,6-14H2,1-5H3,(H,19,23). The summed E-state index contributed by atoms with van der Waals surface area (Å²) in [7, 11) is 0. The van der Waals surface area contributed by atoms with Crippen molar-refractivity contribution in [3.63, 3.8) is 0 Å². The molecule has 1 aliphatic heterocycles. The highest BCUT2D eigenvalue weighted by atomic mass is 16.2. The number of hydrogen-bond acceptors (Lipinski definition) is 3. The zero-order valence-corrected chi connectivity index (χ0v) is 15.7. The highest BCUT2D eigenvalue weighted by Crippen LogP contribution is 2.25. The van der Waals surface area contributed by atoms with Crippen LogP contribution in [0.3, 0.4) is 0 Å². The third kappa shape index (κ3) is 6.50. The minimum absolute atomic E-state index is 0.0302. The molecule has 1 aliphatic rings. The van der Waals surface area contributed by atoms with Gasteiger partial charge in [0.2, 0.25) is 11.8 Å². The zero-order chi connectivity index (χ0) is 17.5. The van der Waals surface area contributed by atoms with Crippen LogP contribution < -0.4 is 5.32 Å². The molecule has 5 heteroatoms. The van der Waals surface area contributed by atoms with E-state index in [-0.39, 0.29) is 23.3 Å². The van der Waals surface area contributed by atoms with Gasteiger partial charge in [-0.25, -0.2) is 0 Å². The van der Waals surface area contributed by atoms with Crippen molar-refractivity contribution in [2.75, 3.05) is 32.7 Å². The van der Waals surface area contributed by atoms with Gasteiger partial charge in [-0.3, -0.25) is 9.59 Å². The Morgan fingerprint density at radius 1 is 1.22 bits per heavy atom. The summed E-state index contributed by atoms with van der Waals surface area (Å²) in [6.07, 6.45) is 3.65. The zero-order valence-electron chi connectivity index (χ0n) is 15.7. The SMILES string of the molecule is CCCN(CCC)CCCNC(=O)C1CC(=O)N(C(C)(C)C)C1. The molecule has 0 aromatic rings. The average Bonchev–Trinajstić information content (AvgIpc) is 2.86. The van der Waals surface area contributed by atoms with E-state index < -0.39 is 0 Å². The molecule has 0 aliphatic carbocycles. The summed E-state index contributed by atoms with van der Waals surface area (Å²) in [4.78, 5) is 28.6.